The van der Waals surface area contributed by atoms with E-state index in [0.717, 1.165) is 12.1 Å². The Hall–Kier alpha value is -2.75. The number of urea groups is 1. The Kier molecular flexibility index (Phi) is 5.24. The second-order valence-corrected chi connectivity index (χ2v) is 8.41. The molecule has 1 fully saturated rings. The Morgan fingerprint density at radius 1 is 1.11 bits per heavy atom. The summed E-state index contributed by atoms with van der Waals surface area (Å²) in [5, 5.41) is 4.91. The molecule has 2 aromatic carbocycles. The van der Waals surface area contributed by atoms with Crippen molar-refractivity contribution in [3.8, 4) is 0 Å². The molecule has 1 heterocycles. The van der Waals surface area contributed by atoms with Gasteiger partial charge in [0.1, 0.15) is 0 Å². The fourth-order valence-corrected chi connectivity index (χ4v) is 4.44. The number of carbonyl (C=O) groups is 1. The number of amides is 2. The van der Waals surface area contributed by atoms with E-state index >= 15 is 0 Å². The minimum Gasteiger partial charge on any atom is -0.308 e. The third-order valence-electron chi connectivity index (χ3n) is 4.30. The summed E-state index contributed by atoms with van der Waals surface area (Å²) >= 11 is 0. The van der Waals surface area contributed by atoms with E-state index in [4.69, 9.17) is 0 Å². The van der Waals surface area contributed by atoms with Gasteiger partial charge in [-0.3, -0.25) is 4.31 Å². The molecule has 1 saturated heterocycles. The van der Waals surface area contributed by atoms with Crippen LogP contribution in [0, 0.1) is 6.92 Å². The first kappa shape index (κ1) is 20.0. The Morgan fingerprint density at radius 3 is 2.50 bits per heavy atom. The van der Waals surface area contributed by atoms with Crippen molar-refractivity contribution < 1.29 is 26.4 Å². The number of hydrogen-bond donors (Lipinski definition) is 2. The van der Waals surface area contributed by atoms with Crippen LogP contribution in [0.3, 0.4) is 0 Å². The Balaban J connectivity index is 1.77. The second kappa shape index (κ2) is 7.34. The van der Waals surface area contributed by atoms with Gasteiger partial charge in [-0.1, -0.05) is 12.1 Å². The molecule has 1 aliphatic rings. The minimum atomic E-state index is -4.51. The van der Waals surface area contributed by atoms with Crippen LogP contribution in [0.5, 0.6) is 0 Å². The second-order valence-electron chi connectivity index (χ2n) is 6.40. The average Bonchev–Trinajstić information content (AvgIpc) is 2.95. The standard InChI is InChI=1S/C18H18F3N3O3S/c1-12-6-7-15(24-8-3-9-28(24,26)27)11-16(12)23-17(25)22-14-5-2-4-13(10-14)18(19,20)21/h2,4-7,10-11H,3,8-9H2,1H3,(H2,22,23,25). The Morgan fingerprint density at radius 2 is 1.86 bits per heavy atom. The highest BCUT2D eigenvalue weighted by molar-refractivity contribution is 7.93. The van der Waals surface area contributed by atoms with E-state index in [1.54, 1.807) is 19.1 Å². The Labute approximate surface area is 160 Å². The first-order valence-corrected chi connectivity index (χ1v) is 10.0. The topological polar surface area (TPSA) is 78.5 Å². The maximum absolute atomic E-state index is 12.8. The lowest BCUT2D eigenvalue weighted by Gasteiger charge is -2.19. The molecule has 0 radical (unpaired) electrons. The predicted octanol–water partition coefficient (Wildman–Crippen LogP) is 4.20. The molecule has 150 valence electrons. The normalized spacial score (nSPS) is 16.1. The summed E-state index contributed by atoms with van der Waals surface area (Å²) < 4.78 is 63.8. The third kappa shape index (κ3) is 4.38. The number of carbonyl (C=O) groups excluding carboxylic acids is 1. The van der Waals surface area contributed by atoms with Gasteiger partial charge in [-0.15, -0.1) is 0 Å². The third-order valence-corrected chi connectivity index (χ3v) is 6.17. The number of benzene rings is 2. The molecule has 6 nitrogen and oxygen atoms in total. The van der Waals surface area contributed by atoms with Crippen molar-refractivity contribution in [2.75, 3.05) is 27.2 Å². The van der Waals surface area contributed by atoms with Crippen LogP contribution < -0.4 is 14.9 Å². The summed E-state index contributed by atoms with van der Waals surface area (Å²) in [5.74, 6) is 0.0691. The molecule has 2 amide bonds. The van der Waals surface area contributed by atoms with Gasteiger partial charge in [0.05, 0.1) is 17.0 Å². The molecule has 0 aromatic heterocycles. The number of aryl methyl sites for hydroxylation is 1. The van der Waals surface area contributed by atoms with Gasteiger partial charge in [0.15, 0.2) is 0 Å². The minimum absolute atomic E-state index is 0.0109. The van der Waals surface area contributed by atoms with Crippen LogP contribution in [0.4, 0.5) is 35.0 Å². The van der Waals surface area contributed by atoms with Crippen LogP contribution in [0.2, 0.25) is 0 Å². The van der Waals surface area contributed by atoms with E-state index in [0.29, 0.717) is 29.9 Å². The molecule has 0 saturated carbocycles. The molecule has 0 unspecified atom stereocenters. The largest absolute Gasteiger partial charge is 0.416 e. The summed E-state index contributed by atoms with van der Waals surface area (Å²) in [7, 11) is -3.37. The molecular weight excluding hydrogens is 395 g/mol. The zero-order valence-electron chi connectivity index (χ0n) is 14.9. The Bertz CT molecular complexity index is 1010. The van der Waals surface area contributed by atoms with Gasteiger partial charge < -0.3 is 10.6 Å². The molecule has 2 aromatic rings. The van der Waals surface area contributed by atoms with Gasteiger partial charge in [0, 0.05) is 17.9 Å². The van der Waals surface area contributed by atoms with Gasteiger partial charge in [-0.25, -0.2) is 13.2 Å². The summed E-state index contributed by atoms with van der Waals surface area (Å²) in [6, 6.07) is 8.40. The molecule has 2 N–H and O–H groups in total. The predicted molar refractivity (Wildman–Crippen MR) is 101 cm³/mol. The lowest BCUT2D eigenvalue weighted by molar-refractivity contribution is -0.137. The number of alkyl halides is 3. The maximum atomic E-state index is 12.8. The quantitative estimate of drug-likeness (QED) is 0.792. The summed E-state index contributed by atoms with van der Waals surface area (Å²) in [6.45, 7) is 2.09. The number of halogens is 3. The van der Waals surface area contributed by atoms with Crippen molar-refractivity contribution in [3.63, 3.8) is 0 Å². The smallest absolute Gasteiger partial charge is 0.308 e. The van der Waals surface area contributed by atoms with Crippen molar-refractivity contribution in [1.29, 1.82) is 0 Å². The van der Waals surface area contributed by atoms with Gasteiger partial charge in [-0.05, 0) is 49.2 Å². The van der Waals surface area contributed by atoms with E-state index in [1.165, 1.54) is 22.5 Å². The van der Waals surface area contributed by atoms with Crippen molar-refractivity contribution in [2.45, 2.75) is 19.5 Å². The van der Waals surface area contributed by atoms with Crippen molar-refractivity contribution in [2.24, 2.45) is 0 Å². The van der Waals surface area contributed by atoms with Gasteiger partial charge in [0.2, 0.25) is 10.0 Å². The van der Waals surface area contributed by atoms with Crippen LogP contribution in [-0.4, -0.2) is 26.7 Å². The molecule has 0 atom stereocenters. The van der Waals surface area contributed by atoms with Crippen molar-refractivity contribution in [1.82, 2.24) is 0 Å². The van der Waals surface area contributed by atoms with E-state index in [9.17, 15) is 26.4 Å². The SMILES string of the molecule is Cc1ccc(N2CCCS2(=O)=O)cc1NC(=O)Nc1cccc(C(F)(F)F)c1. The van der Waals surface area contributed by atoms with Crippen LogP contribution in [-0.2, 0) is 16.2 Å². The molecule has 28 heavy (non-hydrogen) atoms. The number of sulfonamides is 1. The average molecular weight is 413 g/mol. The fraction of sp³-hybridized carbons (Fsp3) is 0.278. The molecule has 0 bridgehead atoms. The highest BCUT2D eigenvalue weighted by atomic mass is 32.2. The lowest BCUT2D eigenvalue weighted by Crippen LogP contribution is -2.25. The highest BCUT2D eigenvalue weighted by Crippen LogP contribution is 2.31. The first-order chi connectivity index (χ1) is 13.1. The van der Waals surface area contributed by atoms with Crippen LogP contribution >= 0.6 is 0 Å². The van der Waals surface area contributed by atoms with E-state index in [1.807, 2.05) is 0 Å². The highest BCUT2D eigenvalue weighted by Gasteiger charge is 2.31. The first-order valence-electron chi connectivity index (χ1n) is 8.42. The maximum Gasteiger partial charge on any atom is 0.416 e. The summed E-state index contributed by atoms with van der Waals surface area (Å²) in [4.78, 5) is 12.2. The molecule has 0 aliphatic carbocycles. The van der Waals surface area contributed by atoms with Crippen LogP contribution in [0.1, 0.15) is 17.5 Å². The van der Waals surface area contributed by atoms with Crippen molar-refractivity contribution >= 4 is 33.1 Å². The van der Waals surface area contributed by atoms with E-state index in [-0.39, 0.29) is 11.4 Å². The summed E-state index contributed by atoms with van der Waals surface area (Å²) in [6.07, 6.45) is -3.99. The van der Waals surface area contributed by atoms with Gasteiger partial charge >= 0.3 is 12.2 Å². The summed E-state index contributed by atoms with van der Waals surface area (Å²) in [5.41, 5.74) is 0.590. The molecule has 3 rings (SSSR count). The fourth-order valence-electron chi connectivity index (χ4n) is 2.89. The zero-order valence-corrected chi connectivity index (χ0v) is 15.7. The number of rotatable bonds is 3. The van der Waals surface area contributed by atoms with Crippen molar-refractivity contribution in [3.05, 3.63) is 53.6 Å². The van der Waals surface area contributed by atoms with E-state index in [2.05, 4.69) is 10.6 Å². The lowest BCUT2D eigenvalue weighted by atomic mass is 10.1. The monoisotopic (exact) mass is 413 g/mol. The number of nitrogens with zero attached hydrogens (tertiary/aromatic N) is 1. The van der Waals surface area contributed by atoms with E-state index < -0.39 is 27.8 Å². The van der Waals surface area contributed by atoms with Crippen LogP contribution in [0.15, 0.2) is 42.5 Å². The number of nitrogens with one attached hydrogen (secondary N) is 2. The zero-order chi connectivity index (χ0) is 20.5. The number of hydrogen-bond acceptors (Lipinski definition) is 3. The van der Waals surface area contributed by atoms with Crippen LogP contribution in [0.25, 0.3) is 0 Å². The molecule has 1 aliphatic heterocycles. The molecule has 0 spiro atoms. The molecular formula is C18H18F3N3O3S. The number of anilines is 3. The van der Waals surface area contributed by atoms with Gasteiger partial charge in [0.25, 0.3) is 0 Å². The van der Waals surface area contributed by atoms with Gasteiger partial charge in [-0.2, -0.15) is 13.2 Å². The molecule has 10 heteroatoms.